The molecule has 0 amide bonds. The van der Waals surface area contributed by atoms with Gasteiger partial charge in [-0.05, 0) is 55.0 Å². The fraction of sp³-hybridized carbons (Fsp3) is 0.700. The van der Waals surface area contributed by atoms with Crippen LogP contribution in [0.15, 0.2) is 24.3 Å². The lowest BCUT2D eigenvalue weighted by molar-refractivity contribution is 0.109. The summed E-state index contributed by atoms with van der Waals surface area (Å²) in [6.07, 6.45) is 6.75. The van der Waals surface area contributed by atoms with Crippen molar-refractivity contribution in [1.82, 2.24) is 4.90 Å². The highest BCUT2D eigenvalue weighted by Crippen LogP contribution is 2.40. The van der Waals surface area contributed by atoms with Crippen LogP contribution in [-0.4, -0.2) is 31.6 Å². The maximum atomic E-state index is 3.28. The Morgan fingerprint density at radius 3 is 2.77 bits per heavy atom. The average Bonchev–Trinajstić information content (AvgIpc) is 2.55. The van der Waals surface area contributed by atoms with Crippen molar-refractivity contribution in [3.8, 4) is 0 Å². The number of benzene rings is 1. The van der Waals surface area contributed by atoms with Gasteiger partial charge < -0.3 is 10.2 Å². The number of unbranched alkanes of at least 4 members (excludes halogenated alkanes) is 3. The van der Waals surface area contributed by atoms with Gasteiger partial charge in [0.1, 0.15) is 0 Å². The summed E-state index contributed by atoms with van der Waals surface area (Å²) < 4.78 is 0. The Balaban J connectivity index is 1.96. The van der Waals surface area contributed by atoms with Gasteiger partial charge in [0.25, 0.3) is 0 Å². The highest BCUT2D eigenvalue weighted by Gasteiger charge is 2.37. The van der Waals surface area contributed by atoms with Crippen LogP contribution in [0.25, 0.3) is 0 Å². The first-order chi connectivity index (χ1) is 10.6. The third-order valence-electron chi connectivity index (χ3n) is 5.71. The Hall–Kier alpha value is -1.02. The molecule has 0 unspecified atom stereocenters. The normalized spacial score (nSPS) is 26.1. The van der Waals surface area contributed by atoms with E-state index in [1.165, 1.54) is 63.0 Å². The predicted octanol–water partition coefficient (Wildman–Crippen LogP) is 4.91. The highest BCUT2D eigenvalue weighted by molar-refractivity contribution is 5.47. The molecule has 1 aliphatic rings. The molecular formula is C20H34N2. The van der Waals surface area contributed by atoms with Gasteiger partial charge in [-0.1, -0.05) is 52.2 Å². The molecule has 1 fully saturated rings. The molecule has 1 aliphatic heterocycles. The van der Waals surface area contributed by atoms with E-state index in [0.717, 1.165) is 0 Å². The molecule has 2 nitrogen and oxygen atoms in total. The number of piperidine rings is 1. The van der Waals surface area contributed by atoms with Crippen molar-refractivity contribution in [2.45, 2.75) is 58.3 Å². The largest absolute Gasteiger partial charge is 0.388 e. The third-order valence-corrected chi connectivity index (χ3v) is 5.71. The van der Waals surface area contributed by atoms with Gasteiger partial charge in [0.15, 0.2) is 0 Å². The summed E-state index contributed by atoms with van der Waals surface area (Å²) in [4.78, 5) is 2.68. The third kappa shape index (κ3) is 4.04. The second-order valence-electron chi connectivity index (χ2n) is 7.26. The molecule has 0 spiro atoms. The molecule has 1 heterocycles. The van der Waals surface area contributed by atoms with E-state index in [2.05, 4.69) is 55.3 Å². The molecule has 1 N–H and O–H groups in total. The minimum Gasteiger partial charge on any atom is -0.388 e. The molecular weight excluding hydrogens is 268 g/mol. The second kappa shape index (κ2) is 8.01. The number of likely N-dealkylation sites (tertiary alicyclic amines) is 1. The number of hydrogen-bond acceptors (Lipinski definition) is 2. The molecule has 124 valence electrons. The first-order valence-corrected chi connectivity index (χ1v) is 9.10. The molecule has 0 saturated carbocycles. The summed E-state index contributed by atoms with van der Waals surface area (Å²) in [5, 5.41) is 3.28. The minimum absolute atomic E-state index is 0.312. The smallest absolute Gasteiger partial charge is 0.0340 e. The fourth-order valence-corrected chi connectivity index (χ4v) is 3.74. The molecule has 0 radical (unpaired) electrons. The van der Waals surface area contributed by atoms with Crippen molar-refractivity contribution in [1.29, 1.82) is 0 Å². The van der Waals surface area contributed by atoms with Gasteiger partial charge in [-0.15, -0.1) is 0 Å². The summed E-state index contributed by atoms with van der Waals surface area (Å²) in [7, 11) is 2.00. The van der Waals surface area contributed by atoms with E-state index >= 15 is 0 Å². The van der Waals surface area contributed by atoms with Crippen LogP contribution in [0.3, 0.4) is 0 Å². The molecule has 2 rings (SSSR count). The Morgan fingerprint density at radius 2 is 2.09 bits per heavy atom. The van der Waals surface area contributed by atoms with Gasteiger partial charge in [-0.2, -0.15) is 0 Å². The average molecular weight is 303 g/mol. The Morgan fingerprint density at radius 1 is 1.27 bits per heavy atom. The first-order valence-electron chi connectivity index (χ1n) is 9.10. The number of nitrogens with one attached hydrogen (secondary N) is 1. The van der Waals surface area contributed by atoms with Crippen molar-refractivity contribution in [3.05, 3.63) is 29.8 Å². The van der Waals surface area contributed by atoms with Gasteiger partial charge >= 0.3 is 0 Å². The number of anilines is 1. The minimum atomic E-state index is 0.312. The van der Waals surface area contributed by atoms with Gasteiger partial charge in [0.05, 0.1) is 0 Å². The van der Waals surface area contributed by atoms with E-state index in [4.69, 9.17) is 0 Å². The first kappa shape index (κ1) is 17.3. The molecule has 2 atom stereocenters. The van der Waals surface area contributed by atoms with Crippen molar-refractivity contribution in [2.24, 2.45) is 5.92 Å². The van der Waals surface area contributed by atoms with E-state index in [0.29, 0.717) is 11.3 Å². The monoisotopic (exact) mass is 302 g/mol. The van der Waals surface area contributed by atoms with Crippen LogP contribution in [0, 0.1) is 5.92 Å². The zero-order chi connectivity index (χ0) is 16.0. The van der Waals surface area contributed by atoms with Crippen LogP contribution in [-0.2, 0) is 5.41 Å². The SMILES string of the molecule is CCCCCCN1CC[C@](C)(c2cccc(NC)c2)[C@@H](C)C1. The lowest BCUT2D eigenvalue weighted by atomic mass is 9.68. The van der Waals surface area contributed by atoms with Crippen molar-refractivity contribution >= 4 is 5.69 Å². The molecule has 22 heavy (non-hydrogen) atoms. The molecule has 0 aliphatic carbocycles. The molecule has 2 heteroatoms. The molecule has 1 aromatic rings. The lowest BCUT2D eigenvalue weighted by Gasteiger charge is -2.45. The maximum absolute atomic E-state index is 3.28. The fourth-order valence-electron chi connectivity index (χ4n) is 3.74. The van der Waals surface area contributed by atoms with Crippen LogP contribution in [0.5, 0.6) is 0 Å². The predicted molar refractivity (Wildman–Crippen MR) is 97.7 cm³/mol. The van der Waals surface area contributed by atoms with Crippen LogP contribution in [0.2, 0.25) is 0 Å². The van der Waals surface area contributed by atoms with Gasteiger partial charge in [0, 0.05) is 19.3 Å². The zero-order valence-corrected chi connectivity index (χ0v) is 15.0. The quantitative estimate of drug-likeness (QED) is 0.720. The van der Waals surface area contributed by atoms with E-state index in [-0.39, 0.29) is 0 Å². The van der Waals surface area contributed by atoms with Crippen LogP contribution in [0.1, 0.15) is 58.4 Å². The van der Waals surface area contributed by atoms with Gasteiger partial charge in [-0.3, -0.25) is 0 Å². The summed E-state index contributed by atoms with van der Waals surface area (Å²) >= 11 is 0. The van der Waals surface area contributed by atoms with E-state index in [1.807, 2.05) is 7.05 Å². The number of nitrogens with zero attached hydrogens (tertiary/aromatic N) is 1. The molecule has 0 bridgehead atoms. The zero-order valence-electron chi connectivity index (χ0n) is 15.0. The summed E-state index contributed by atoms with van der Waals surface area (Å²) in [5.41, 5.74) is 3.04. The standard InChI is InChI=1S/C20H34N2/c1-5-6-7-8-13-22-14-12-20(3,17(2)16-22)18-10-9-11-19(15-18)21-4/h9-11,15,17,21H,5-8,12-14,16H2,1-4H3/t17-,20-/m0/s1. The van der Waals surface area contributed by atoms with Crippen LogP contribution < -0.4 is 5.32 Å². The molecule has 1 saturated heterocycles. The van der Waals surface area contributed by atoms with E-state index in [9.17, 15) is 0 Å². The van der Waals surface area contributed by atoms with Crippen LogP contribution in [0.4, 0.5) is 5.69 Å². The number of rotatable bonds is 7. The highest BCUT2D eigenvalue weighted by atomic mass is 15.1. The van der Waals surface area contributed by atoms with E-state index < -0.39 is 0 Å². The summed E-state index contributed by atoms with van der Waals surface area (Å²) in [5.74, 6) is 0.708. The summed E-state index contributed by atoms with van der Waals surface area (Å²) in [6, 6.07) is 9.00. The molecule has 0 aromatic heterocycles. The Kier molecular flexibility index (Phi) is 6.31. The van der Waals surface area contributed by atoms with Crippen molar-refractivity contribution in [3.63, 3.8) is 0 Å². The van der Waals surface area contributed by atoms with E-state index in [1.54, 1.807) is 0 Å². The van der Waals surface area contributed by atoms with Crippen molar-refractivity contribution in [2.75, 3.05) is 32.0 Å². The van der Waals surface area contributed by atoms with Crippen molar-refractivity contribution < 1.29 is 0 Å². The second-order valence-corrected chi connectivity index (χ2v) is 7.26. The topological polar surface area (TPSA) is 15.3 Å². The summed E-state index contributed by atoms with van der Waals surface area (Å²) in [6.45, 7) is 11.0. The Labute approximate surface area is 137 Å². The lowest BCUT2D eigenvalue weighted by Crippen LogP contribution is -2.47. The number of hydrogen-bond donors (Lipinski definition) is 1. The van der Waals surface area contributed by atoms with Crippen LogP contribution >= 0.6 is 0 Å². The Bertz CT molecular complexity index is 457. The van der Waals surface area contributed by atoms with Gasteiger partial charge in [-0.25, -0.2) is 0 Å². The maximum Gasteiger partial charge on any atom is 0.0340 e. The molecule has 1 aromatic carbocycles. The van der Waals surface area contributed by atoms with Gasteiger partial charge in [0.2, 0.25) is 0 Å².